The number of hydrogen-bond donors (Lipinski definition) is 3. The van der Waals surface area contributed by atoms with Gasteiger partial charge in [-0.3, -0.25) is 5.32 Å². The van der Waals surface area contributed by atoms with Crippen LogP contribution in [0.25, 0.3) is 0 Å². The van der Waals surface area contributed by atoms with E-state index >= 15 is 0 Å². The van der Waals surface area contributed by atoms with E-state index in [0.717, 1.165) is 16.9 Å². The Morgan fingerprint density at radius 2 is 1.76 bits per heavy atom. The number of carbonyl (C=O) groups is 1. The van der Waals surface area contributed by atoms with E-state index in [1.165, 1.54) is 0 Å². The van der Waals surface area contributed by atoms with Gasteiger partial charge in [0.05, 0.1) is 6.61 Å². The molecule has 0 spiro atoms. The maximum atomic E-state index is 11.3. The van der Waals surface area contributed by atoms with Crippen molar-refractivity contribution in [2.75, 3.05) is 23.0 Å². The Balaban J connectivity index is 1.91. The van der Waals surface area contributed by atoms with E-state index < -0.39 is 6.09 Å². The fourth-order valence-corrected chi connectivity index (χ4v) is 1.85. The maximum Gasteiger partial charge on any atom is 0.411 e. The second-order valence-electron chi connectivity index (χ2n) is 4.48. The molecule has 0 radical (unpaired) electrons. The molecule has 0 aliphatic rings. The highest BCUT2D eigenvalue weighted by atomic mass is 16.5. The largest absolute Gasteiger partial charge is 0.450 e. The van der Waals surface area contributed by atoms with Crippen LogP contribution < -0.4 is 16.4 Å². The summed E-state index contributed by atoms with van der Waals surface area (Å²) in [5.41, 5.74) is 9.35. The molecule has 2 rings (SSSR count). The predicted octanol–water partition coefficient (Wildman–Crippen LogP) is 3.45. The molecular weight excluding hydrogens is 266 g/mol. The van der Waals surface area contributed by atoms with Crippen LogP contribution in [-0.4, -0.2) is 12.7 Å². The van der Waals surface area contributed by atoms with Crippen LogP contribution in [0.5, 0.6) is 0 Å². The second-order valence-corrected chi connectivity index (χ2v) is 4.48. The number of benzene rings is 2. The smallest absolute Gasteiger partial charge is 0.411 e. The van der Waals surface area contributed by atoms with Crippen molar-refractivity contribution in [1.82, 2.24) is 0 Å². The van der Waals surface area contributed by atoms with Gasteiger partial charge in [0, 0.05) is 23.6 Å². The minimum atomic E-state index is -0.449. The molecular formula is C16H19N3O2. The molecule has 0 atom stereocenters. The van der Waals surface area contributed by atoms with Crippen molar-refractivity contribution in [2.45, 2.75) is 13.5 Å². The van der Waals surface area contributed by atoms with Gasteiger partial charge in [0.15, 0.2) is 0 Å². The van der Waals surface area contributed by atoms with Gasteiger partial charge in [-0.05, 0) is 42.8 Å². The van der Waals surface area contributed by atoms with Crippen molar-refractivity contribution in [2.24, 2.45) is 0 Å². The first-order chi connectivity index (χ1) is 10.2. The molecule has 2 aromatic rings. The van der Waals surface area contributed by atoms with Crippen LogP contribution in [0.4, 0.5) is 21.9 Å². The monoisotopic (exact) mass is 285 g/mol. The molecule has 0 saturated carbocycles. The highest BCUT2D eigenvalue weighted by molar-refractivity contribution is 5.84. The summed E-state index contributed by atoms with van der Waals surface area (Å²) in [6.45, 7) is 2.77. The molecule has 1 amide bonds. The average molecular weight is 285 g/mol. The highest BCUT2D eigenvalue weighted by Gasteiger charge is 2.02. The lowest BCUT2D eigenvalue weighted by molar-refractivity contribution is 0.168. The summed E-state index contributed by atoms with van der Waals surface area (Å²) in [6.07, 6.45) is -0.449. The number of nitrogens with two attached hydrogens (primary N) is 1. The van der Waals surface area contributed by atoms with Crippen molar-refractivity contribution in [1.29, 1.82) is 0 Å². The van der Waals surface area contributed by atoms with Crippen molar-refractivity contribution in [3.63, 3.8) is 0 Å². The lowest BCUT2D eigenvalue weighted by Gasteiger charge is -2.10. The average Bonchev–Trinajstić information content (AvgIpc) is 2.48. The molecule has 5 nitrogen and oxygen atoms in total. The number of nitrogens with one attached hydrogen (secondary N) is 2. The van der Waals surface area contributed by atoms with Gasteiger partial charge >= 0.3 is 6.09 Å². The summed E-state index contributed by atoms with van der Waals surface area (Å²) < 4.78 is 4.81. The van der Waals surface area contributed by atoms with E-state index in [1.807, 2.05) is 48.5 Å². The maximum absolute atomic E-state index is 11.3. The molecule has 0 saturated heterocycles. The zero-order valence-electron chi connectivity index (χ0n) is 11.9. The third-order valence-corrected chi connectivity index (χ3v) is 2.94. The van der Waals surface area contributed by atoms with Crippen molar-refractivity contribution >= 4 is 23.2 Å². The van der Waals surface area contributed by atoms with Crippen molar-refractivity contribution < 1.29 is 9.53 Å². The van der Waals surface area contributed by atoms with Crippen LogP contribution in [0.15, 0.2) is 48.5 Å². The predicted molar refractivity (Wildman–Crippen MR) is 85.3 cm³/mol. The quantitative estimate of drug-likeness (QED) is 0.735. The van der Waals surface area contributed by atoms with Crippen LogP contribution in [0.1, 0.15) is 12.5 Å². The van der Waals surface area contributed by atoms with Gasteiger partial charge in [-0.25, -0.2) is 4.79 Å². The highest BCUT2D eigenvalue weighted by Crippen LogP contribution is 2.16. The number of amides is 1. The number of nitrogen functional groups attached to an aromatic ring is 1. The Morgan fingerprint density at radius 1 is 1.10 bits per heavy atom. The van der Waals surface area contributed by atoms with Crippen LogP contribution in [0.3, 0.4) is 0 Å². The number of para-hydroxylation sites is 1. The van der Waals surface area contributed by atoms with Gasteiger partial charge in [0.2, 0.25) is 0 Å². The number of carbonyl (C=O) groups excluding carboxylic acids is 1. The SMILES string of the molecule is CCOC(=O)Nc1ccc(NCc2ccccc2N)cc1. The molecule has 0 aliphatic heterocycles. The first-order valence-electron chi connectivity index (χ1n) is 6.80. The van der Waals surface area contributed by atoms with E-state index in [9.17, 15) is 4.79 Å². The summed E-state index contributed by atoms with van der Waals surface area (Å²) in [5, 5.41) is 5.93. The molecule has 0 unspecified atom stereocenters. The van der Waals surface area contributed by atoms with Crippen LogP contribution in [-0.2, 0) is 11.3 Å². The van der Waals surface area contributed by atoms with E-state index in [1.54, 1.807) is 6.92 Å². The standard InChI is InChI=1S/C16H19N3O2/c1-2-21-16(20)19-14-9-7-13(8-10-14)18-11-12-5-3-4-6-15(12)17/h3-10,18H,2,11,17H2,1H3,(H,19,20). The fraction of sp³-hybridized carbons (Fsp3) is 0.188. The lowest BCUT2D eigenvalue weighted by atomic mass is 10.2. The number of ether oxygens (including phenoxy) is 1. The first-order valence-corrected chi connectivity index (χ1v) is 6.80. The molecule has 4 N–H and O–H groups in total. The molecule has 110 valence electrons. The number of rotatable bonds is 5. The Bertz CT molecular complexity index is 597. The van der Waals surface area contributed by atoms with Crippen LogP contribution >= 0.6 is 0 Å². The van der Waals surface area contributed by atoms with Gasteiger partial charge in [-0.1, -0.05) is 18.2 Å². The summed E-state index contributed by atoms with van der Waals surface area (Å²) in [6, 6.07) is 15.1. The summed E-state index contributed by atoms with van der Waals surface area (Å²) in [7, 11) is 0. The lowest BCUT2D eigenvalue weighted by Crippen LogP contribution is -2.13. The van der Waals surface area contributed by atoms with Crippen molar-refractivity contribution in [3.05, 3.63) is 54.1 Å². The molecule has 0 fully saturated rings. The van der Waals surface area contributed by atoms with Crippen LogP contribution in [0, 0.1) is 0 Å². The summed E-state index contributed by atoms with van der Waals surface area (Å²) in [5.74, 6) is 0. The van der Waals surface area contributed by atoms with Gasteiger partial charge in [-0.2, -0.15) is 0 Å². The fourth-order valence-electron chi connectivity index (χ4n) is 1.85. The minimum Gasteiger partial charge on any atom is -0.450 e. The van der Waals surface area contributed by atoms with Crippen LogP contribution in [0.2, 0.25) is 0 Å². The summed E-state index contributed by atoms with van der Waals surface area (Å²) in [4.78, 5) is 11.3. The molecule has 2 aromatic carbocycles. The third kappa shape index (κ3) is 4.42. The molecule has 0 aliphatic carbocycles. The normalized spacial score (nSPS) is 9.95. The van der Waals surface area contributed by atoms with Gasteiger partial charge in [0.25, 0.3) is 0 Å². The number of hydrogen-bond acceptors (Lipinski definition) is 4. The third-order valence-electron chi connectivity index (χ3n) is 2.94. The zero-order chi connectivity index (χ0) is 15.1. The molecule has 5 heteroatoms. The van der Waals surface area contributed by atoms with Crippen molar-refractivity contribution in [3.8, 4) is 0 Å². The topological polar surface area (TPSA) is 76.4 Å². The molecule has 0 heterocycles. The van der Waals surface area contributed by atoms with E-state index in [2.05, 4.69) is 10.6 Å². The zero-order valence-corrected chi connectivity index (χ0v) is 11.9. The van der Waals surface area contributed by atoms with Gasteiger partial charge < -0.3 is 15.8 Å². The Morgan fingerprint density at radius 3 is 2.43 bits per heavy atom. The summed E-state index contributed by atoms with van der Waals surface area (Å²) >= 11 is 0. The van der Waals surface area contributed by atoms with E-state index in [-0.39, 0.29) is 0 Å². The Hall–Kier alpha value is -2.69. The van der Waals surface area contributed by atoms with Gasteiger partial charge in [0.1, 0.15) is 0 Å². The molecule has 0 aromatic heterocycles. The Kier molecular flexibility index (Phi) is 5.04. The first kappa shape index (κ1) is 14.7. The minimum absolute atomic E-state index is 0.351. The molecule has 21 heavy (non-hydrogen) atoms. The van der Waals surface area contributed by atoms with E-state index in [0.29, 0.717) is 18.8 Å². The van der Waals surface area contributed by atoms with E-state index in [4.69, 9.17) is 10.5 Å². The number of anilines is 3. The van der Waals surface area contributed by atoms with Gasteiger partial charge in [-0.15, -0.1) is 0 Å². The Labute approximate surface area is 124 Å². The second kappa shape index (κ2) is 7.19. The molecule has 0 bridgehead atoms.